The quantitative estimate of drug-likeness (QED) is 0.613. The van der Waals surface area contributed by atoms with Crippen molar-refractivity contribution in [1.29, 1.82) is 0 Å². The molecule has 0 unspecified atom stereocenters. The van der Waals surface area contributed by atoms with Gasteiger partial charge in [0.05, 0.1) is 24.3 Å². The molecule has 0 aliphatic carbocycles. The summed E-state index contributed by atoms with van der Waals surface area (Å²) >= 11 is 3.35. The van der Waals surface area contributed by atoms with E-state index in [1.54, 1.807) is 19.1 Å². The lowest BCUT2D eigenvalue weighted by Crippen LogP contribution is -2.33. The van der Waals surface area contributed by atoms with Crippen molar-refractivity contribution in [2.75, 3.05) is 11.9 Å². The number of amides is 2. The van der Waals surface area contributed by atoms with E-state index in [1.165, 1.54) is 0 Å². The van der Waals surface area contributed by atoms with Crippen LogP contribution in [0.1, 0.15) is 27.3 Å². The fourth-order valence-corrected chi connectivity index (χ4v) is 3.19. The summed E-state index contributed by atoms with van der Waals surface area (Å²) < 4.78 is 2.74. The SMILES string of the molecule is Cc1nn(Cc2ccccc2)c(C)c1C(=O)NCC(=O)Nc1ccc(Br)cc1. The minimum absolute atomic E-state index is 0.113. The highest BCUT2D eigenvalue weighted by atomic mass is 79.9. The topological polar surface area (TPSA) is 76.0 Å². The minimum atomic E-state index is -0.305. The monoisotopic (exact) mass is 440 g/mol. The van der Waals surface area contributed by atoms with Gasteiger partial charge in [-0.2, -0.15) is 5.10 Å². The third-order valence-electron chi connectivity index (χ3n) is 4.32. The molecule has 2 N–H and O–H groups in total. The summed E-state index contributed by atoms with van der Waals surface area (Å²) in [4.78, 5) is 24.7. The van der Waals surface area contributed by atoms with Gasteiger partial charge >= 0.3 is 0 Å². The highest BCUT2D eigenvalue weighted by Crippen LogP contribution is 2.15. The number of hydrogen-bond donors (Lipinski definition) is 2. The number of hydrogen-bond acceptors (Lipinski definition) is 3. The van der Waals surface area contributed by atoms with Crippen LogP contribution in [0.25, 0.3) is 0 Å². The summed E-state index contributed by atoms with van der Waals surface area (Å²) in [5.74, 6) is -0.595. The molecule has 6 nitrogen and oxygen atoms in total. The van der Waals surface area contributed by atoms with Gasteiger partial charge in [0.1, 0.15) is 0 Å². The molecule has 0 aliphatic heterocycles. The van der Waals surface area contributed by atoms with Crippen molar-refractivity contribution < 1.29 is 9.59 Å². The van der Waals surface area contributed by atoms with E-state index < -0.39 is 0 Å². The highest BCUT2D eigenvalue weighted by molar-refractivity contribution is 9.10. The maximum atomic E-state index is 12.6. The summed E-state index contributed by atoms with van der Waals surface area (Å²) in [7, 11) is 0. The zero-order chi connectivity index (χ0) is 20.1. The lowest BCUT2D eigenvalue weighted by molar-refractivity contribution is -0.115. The number of anilines is 1. The van der Waals surface area contributed by atoms with Gasteiger partial charge in [-0.1, -0.05) is 46.3 Å². The minimum Gasteiger partial charge on any atom is -0.343 e. The van der Waals surface area contributed by atoms with E-state index in [0.717, 1.165) is 15.7 Å². The van der Waals surface area contributed by atoms with E-state index in [2.05, 4.69) is 31.7 Å². The van der Waals surface area contributed by atoms with E-state index >= 15 is 0 Å². The summed E-state index contributed by atoms with van der Waals surface area (Å²) in [5.41, 5.74) is 3.69. The number of halogens is 1. The van der Waals surface area contributed by atoms with Crippen molar-refractivity contribution in [3.63, 3.8) is 0 Å². The molecule has 144 valence electrons. The standard InChI is InChI=1S/C21H21BrN4O2/c1-14-20(15(2)26(25-14)13-16-6-4-3-5-7-16)21(28)23-12-19(27)24-18-10-8-17(22)9-11-18/h3-11H,12-13H2,1-2H3,(H,23,28)(H,24,27). The summed E-state index contributed by atoms with van der Waals surface area (Å²) in [6.07, 6.45) is 0. The Morgan fingerprint density at radius 3 is 2.39 bits per heavy atom. The molecule has 2 aromatic carbocycles. The first-order valence-electron chi connectivity index (χ1n) is 8.85. The van der Waals surface area contributed by atoms with Crippen LogP contribution >= 0.6 is 15.9 Å². The smallest absolute Gasteiger partial charge is 0.255 e. The van der Waals surface area contributed by atoms with Crippen molar-refractivity contribution in [1.82, 2.24) is 15.1 Å². The molecule has 0 spiro atoms. The first-order valence-corrected chi connectivity index (χ1v) is 9.65. The molecule has 3 aromatic rings. The zero-order valence-electron chi connectivity index (χ0n) is 15.7. The molecule has 1 aromatic heterocycles. The highest BCUT2D eigenvalue weighted by Gasteiger charge is 2.19. The Morgan fingerprint density at radius 1 is 1.04 bits per heavy atom. The molecular formula is C21H21BrN4O2. The van der Waals surface area contributed by atoms with Gasteiger partial charge in [0, 0.05) is 15.9 Å². The number of nitrogens with one attached hydrogen (secondary N) is 2. The van der Waals surface area contributed by atoms with Crippen LogP contribution in [0.5, 0.6) is 0 Å². The molecule has 2 amide bonds. The average molecular weight is 441 g/mol. The van der Waals surface area contributed by atoms with E-state index in [4.69, 9.17) is 0 Å². The second-order valence-corrected chi connectivity index (χ2v) is 7.34. The summed E-state index contributed by atoms with van der Waals surface area (Å²) in [6.45, 7) is 4.13. The predicted octanol–water partition coefficient (Wildman–Crippen LogP) is 3.68. The van der Waals surface area contributed by atoms with E-state index in [0.29, 0.717) is 23.5 Å². The molecule has 0 bridgehead atoms. The van der Waals surface area contributed by atoms with Crippen LogP contribution in [0.4, 0.5) is 5.69 Å². The zero-order valence-corrected chi connectivity index (χ0v) is 17.3. The van der Waals surface area contributed by atoms with Crippen LogP contribution in [-0.4, -0.2) is 28.1 Å². The van der Waals surface area contributed by atoms with Gasteiger partial charge in [-0.25, -0.2) is 0 Å². The molecule has 0 saturated carbocycles. The van der Waals surface area contributed by atoms with Gasteiger partial charge < -0.3 is 10.6 Å². The fraction of sp³-hybridized carbons (Fsp3) is 0.190. The van der Waals surface area contributed by atoms with Crippen LogP contribution in [0.3, 0.4) is 0 Å². The van der Waals surface area contributed by atoms with E-state index in [9.17, 15) is 9.59 Å². The molecule has 7 heteroatoms. The molecule has 0 radical (unpaired) electrons. The van der Waals surface area contributed by atoms with Gasteiger partial charge in [-0.3, -0.25) is 14.3 Å². The number of benzene rings is 2. The first kappa shape index (κ1) is 19.8. The van der Waals surface area contributed by atoms with Crippen LogP contribution in [0.2, 0.25) is 0 Å². The fourth-order valence-electron chi connectivity index (χ4n) is 2.92. The molecule has 0 atom stereocenters. The second kappa shape index (κ2) is 8.84. The number of carbonyl (C=O) groups is 2. The Hall–Kier alpha value is -2.93. The van der Waals surface area contributed by atoms with Crippen LogP contribution in [0.15, 0.2) is 59.1 Å². The number of rotatable bonds is 6. The lowest BCUT2D eigenvalue weighted by atomic mass is 10.1. The van der Waals surface area contributed by atoms with Crippen LogP contribution < -0.4 is 10.6 Å². The summed E-state index contributed by atoms with van der Waals surface area (Å²) in [6, 6.07) is 17.2. The van der Waals surface area contributed by atoms with Gasteiger partial charge in [-0.15, -0.1) is 0 Å². The van der Waals surface area contributed by atoms with Gasteiger partial charge in [0.2, 0.25) is 5.91 Å². The third kappa shape index (κ3) is 4.86. The Balaban J connectivity index is 1.62. The summed E-state index contributed by atoms with van der Waals surface area (Å²) in [5, 5.41) is 9.90. The van der Waals surface area contributed by atoms with Gasteiger partial charge in [-0.05, 0) is 43.7 Å². The average Bonchev–Trinajstić information content (AvgIpc) is 2.96. The Kier molecular flexibility index (Phi) is 6.26. The third-order valence-corrected chi connectivity index (χ3v) is 4.85. The van der Waals surface area contributed by atoms with Crippen molar-refractivity contribution in [2.45, 2.75) is 20.4 Å². The van der Waals surface area contributed by atoms with Crippen molar-refractivity contribution >= 4 is 33.4 Å². The van der Waals surface area contributed by atoms with E-state index in [1.807, 2.05) is 54.1 Å². The number of nitrogens with zero attached hydrogens (tertiary/aromatic N) is 2. The second-order valence-electron chi connectivity index (χ2n) is 6.43. The van der Waals surface area contributed by atoms with Crippen molar-refractivity contribution in [2.24, 2.45) is 0 Å². The van der Waals surface area contributed by atoms with E-state index in [-0.39, 0.29) is 18.4 Å². The molecule has 0 aliphatic rings. The predicted molar refractivity (Wildman–Crippen MR) is 112 cm³/mol. The lowest BCUT2D eigenvalue weighted by Gasteiger charge is -2.08. The van der Waals surface area contributed by atoms with Crippen molar-refractivity contribution in [3.8, 4) is 0 Å². The number of aryl methyl sites for hydroxylation is 1. The normalized spacial score (nSPS) is 10.5. The van der Waals surface area contributed by atoms with Crippen molar-refractivity contribution in [3.05, 3.63) is 81.6 Å². The number of carbonyl (C=O) groups excluding carboxylic acids is 2. The molecule has 28 heavy (non-hydrogen) atoms. The Morgan fingerprint density at radius 2 is 1.71 bits per heavy atom. The van der Waals surface area contributed by atoms with Crippen LogP contribution in [-0.2, 0) is 11.3 Å². The largest absolute Gasteiger partial charge is 0.343 e. The first-order chi connectivity index (χ1) is 13.4. The maximum absolute atomic E-state index is 12.6. The molecular weight excluding hydrogens is 420 g/mol. The Bertz CT molecular complexity index is 982. The van der Waals surface area contributed by atoms with Gasteiger partial charge in [0.15, 0.2) is 0 Å². The molecule has 3 rings (SSSR count). The molecule has 0 fully saturated rings. The number of aromatic nitrogens is 2. The van der Waals surface area contributed by atoms with Crippen LogP contribution in [0, 0.1) is 13.8 Å². The maximum Gasteiger partial charge on any atom is 0.255 e. The van der Waals surface area contributed by atoms with Gasteiger partial charge in [0.25, 0.3) is 5.91 Å². The molecule has 1 heterocycles. The molecule has 0 saturated heterocycles. The Labute approximate surface area is 172 Å².